The number of hydrogen-bond acceptors (Lipinski definition) is 0. The molecule has 25 heavy (non-hydrogen) atoms. The summed E-state index contributed by atoms with van der Waals surface area (Å²) >= 11 is 0. The van der Waals surface area contributed by atoms with Crippen LogP contribution in [0.4, 0.5) is 0 Å². The van der Waals surface area contributed by atoms with Gasteiger partial charge >= 0.3 is 18.9 Å². The van der Waals surface area contributed by atoms with E-state index in [1.54, 1.807) is 0 Å². The summed E-state index contributed by atoms with van der Waals surface area (Å²) in [4.78, 5) is 0. The molecule has 0 amide bonds. The molecule has 0 spiro atoms. The van der Waals surface area contributed by atoms with Crippen molar-refractivity contribution in [2.45, 2.75) is 142 Å². The monoisotopic (exact) mass is 344 g/mol. The molecule has 146 valence electrons. The van der Waals surface area contributed by atoms with Crippen molar-refractivity contribution >= 4 is 0 Å². The second kappa shape index (κ2) is 24.6. The van der Waals surface area contributed by atoms with E-state index in [-0.39, 0.29) is 18.9 Å². The summed E-state index contributed by atoms with van der Waals surface area (Å²) < 4.78 is 0. The van der Waals surface area contributed by atoms with E-state index in [1.807, 2.05) is 0 Å². The fourth-order valence-corrected chi connectivity index (χ4v) is 3.68. The summed E-state index contributed by atoms with van der Waals surface area (Å²) in [6, 6.07) is 0. The Labute approximate surface area is 173 Å². The van der Waals surface area contributed by atoms with Gasteiger partial charge in [0.05, 0.1) is 0 Å². The number of unbranched alkanes of at least 4 members (excludes halogenated alkanes) is 16. The summed E-state index contributed by atoms with van der Waals surface area (Å²) in [5, 5.41) is 0. The van der Waals surface area contributed by atoms with Crippen LogP contribution >= 0.6 is 0 Å². The molecular weight excluding hydrogens is 295 g/mol. The van der Waals surface area contributed by atoms with Crippen LogP contribution in [0.15, 0.2) is 0 Å². The minimum absolute atomic E-state index is 0. The molecule has 0 aliphatic heterocycles. The average molecular weight is 345 g/mol. The summed E-state index contributed by atoms with van der Waals surface area (Å²) in [5.74, 6) is 0.951. The molecule has 0 heterocycles. The van der Waals surface area contributed by atoms with E-state index in [0.29, 0.717) is 0 Å². The van der Waals surface area contributed by atoms with Gasteiger partial charge in [-0.15, -0.1) is 0 Å². The largest absolute Gasteiger partial charge is 1.00 e. The molecule has 0 aromatic heterocycles. The van der Waals surface area contributed by atoms with E-state index in [1.165, 1.54) is 122 Å². The van der Waals surface area contributed by atoms with Gasteiger partial charge in [0.25, 0.3) is 0 Å². The zero-order chi connectivity index (χ0) is 17.7. The predicted octanol–water partition coefficient (Wildman–Crippen LogP) is 6.28. The molecule has 0 saturated carbocycles. The molecular formula is C24H49Li. The van der Waals surface area contributed by atoms with E-state index in [0.717, 1.165) is 12.3 Å². The van der Waals surface area contributed by atoms with Crippen molar-refractivity contribution in [3.8, 4) is 0 Å². The molecule has 0 nitrogen and oxygen atoms in total. The zero-order valence-electron chi connectivity index (χ0n) is 18.4. The van der Waals surface area contributed by atoms with Crippen molar-refractivity contribution in [3.05, 3.63) is 6.92 Å². The van der Waals surface area contributed by atoms with Crippen molar-refractivity contribution in [2.75, 3.05) is 0 Å². The maximum absolute atomic E-state index is 3.92. The van der Waals surface area contributed by atoms with Gasteiger partial charge in [-0.1, -0.05) is 136 Å². The predicted molar refractivity (Wildman–Crippen MR) is 113 cm³/mol. The molecule has 0 N–H and O–H groups in total. The van der Waals surface area contributed by atoms with Crippen LogP contribution in [0.1, 0.15) is 142 Å². The Morgan fingerprint density at radius 3 is 1.20 bits per heavy atom. The first-order valence-electron chi connectivity index (χ1n) is 11.6. The van der Waals surface area contributed by atoms with Gasteiger partial charge in [0.15, 0.2) is 0 Å². The molecule has 0 aromatic rings. The summed E-state index contributed by atoms with van der Waals surface area (Å²) in [6.45, 7) is 8.67. The Morgan fingerprint density at radius 2 is 0.840 bits per heavy atom. The van der Waals surface area contributed by atoms with Gasteiger partial charge in [-0.3, -0.25) is 0 Å². The molecule has 0 fully saturated rings. The van der Waals surface area contributed by atoms with Crippen molar-refractivity contribution in [1.82, 2.24) is 0 Å². The maximum atomic E-state index is 3.92. The summed E-state index contributed by atoms with van der Waals surface area (Å²) in [5.41, 5.74) is 0. The van der Waals surface area contributed by atoms with Crippen molar-refractivity contribution in [2.24, 2.45) is 5.92 Å². The van der Waals surface area contributed by atoms with E-state index >= 15 is 0 Å². The smallest absolute Gasteiger partial charge is 0.343 e. The van der Waals surface area contributed by atoms with Crippen LogP contribution in [0.25, 0.3) is 0 Å². The minimum Gasteiger partial charge on any atom is -0.343 e. The van der Waals surface area contributed by atoms with Crippen LogP contribution in [0.3, 0.4) is 0 Å². The Hall–Kier alpha value is 0.597. The second-order valence-corrected chi connectivity index (χ2v) is 8.19. The molecule has 0 aliphatic rings. The van der Waals surface area contributed by atoms with Crippen LogP contribution < -0.4 is 18.9 Å². The van der Waals surface area contributed by atoms with E-state index in [2.05, 4.69) is 20.8 Å². The molecule has 1 atom stereocenters. The third kappa shape index (κ3) is 24.6. The summed E-state index contributed by atoms with van der Waals surface area (Å²) in [7, 11) is 0. The van der Waals surface area contributed by atoms with Gasteiger partial charge < -0.3 is 6.92 Å². The standard InChI is InChI=1S/C24H49.Li/c1-4-6-8-10-11-12-13-14-15-16-17-18-19-21-23-24(3)22-20-9-7-5-2;/h24H,2,4-23H2,1,3H3;/q-1;+1. The van der Waals surface area contributed by atoms with Crippen LogP contribution in [0, 0.1) is 12.8 Å². The molecule has 0 aromatic carbocycles. The van der Waals surface area contributed by atoms with Crippen LogP contribution in [0.2, 0.25) is 0 Å². The normalized spacial score (nSPS) is 12.1. The first-order valence-corrected chi connectivity index (χ1v) is 11.6. The molecule has 1 unspecified atom stereocenters. The SMILES string of the molecule is [CH2-]CCCCCC(C)CCCCCCCCCCCCCCCC.[Li+]. The third-order valence-electron chi connectivity index (χ3n) is 5.50. The van der Waals surface area contributed by atoms with Crippen molar-refractivity contribution in [3.63, 3.8) is 0 Å². The molecule has 0 radical (unpaired) electrons. The molecule has 0 saturated heterocycles. The Bertz CT molecular complexity index is 214. The first-order chi connectivity index (χ1) is 11.8. The number of rotatable bonds is 20. The Kier molecular flexibility index (Phi) is 27.4. The van der Waals surface area contributed by atoms with Crippen LogP contribution in [-0.4, -0.2) is 0 Å². The minimum atomic E-state index is 0. The van der Waals surface area contributed by atoms with Gasteiger partial charge in [-0.2, -0.15) is 6.42 Å². The van der Waals surface area contributed by atoms with E-state index in [4.69, 9.17) is 0 Å². The average Bonchev–Trinajstić information content (AvgIpc) is 2.59. The first kappa shape index (κ1) is 27.8. The van der Waals surface area contributed by atoms with Gasteiger partial charge in [0.2, 0.25) is 0 Å². The molecule has 0 bridgehead atoms. The number of hydrogen-bond donors (Lipinski definition) is 0. The second-order valence-electron chi connectivity index (χ2n) is 8.19. The molecule has 0 aliphatic carbocycles. The van der Waals surface area contributed by atoms with Gasteiger partial charge in [-0.05, 0) is 5.92 Å². The fourth-order valence-electron chi connectivity index (χ4n) is 3.68. The van der Waals surface area contributed by atoms with E-state index in [9.17, 15) is 0 Å². The molecule has 1 heteroatoms. The van der Waals surface area contributed by atoms with Crippen LogP contribution in [-0.2, 0) is 0 Å². The fraction of sp³-hybridized carbons (Fsp3) is 0.958. The van der Waals surface area contributed by atoms with Gasteiger partial charge in [0, 0.05) is 0 Å². The van der Waals surface area contributed by atoms with Crippen molar-refractivity contribution in [1.29, 1.82) is 0 Å². The maximum Gasteiger partial charge on any atom is 1.00 e. The summed E-state index contributed by atoms with van der Waals surface area (Å²) in [6.07, 6.45) is 28.7. The topological polar surface area (TPSA) is 0 Å². The van der Waals surface area contributed by atoms with Gasteiger partial charge in [0.1, 0.15) is 0 Å². The van der Waals surface area contributed by atoms with Gasteiger partial charge in [-0.25, -0.2) is 0 Å². The quantitative estimate of drug-likeness (QED) is 0.138. The zero-order valence-corrected chi connectivity index (χ0v) is 18.4. The third-order valence-corrected chi connectivity index (χ3v) is 5.50. The molecule has 0 rings (SSSR count). The van der Waals surface area contributed by atoms with Crippen molar-refractivity contribution < 1.29 is 18.9 Å². The van der Waals surface area contributed by atoms with E-state index < -0.39 is 0 Å². The van der Waals surface area contributed by atoms with Crippen LogP contribution in [0.5, 0.6) is 0 Å². The Morgan fingerprint density at radius 1 is 0.520 bits per heavy atom. The Balaban J connectivity index is 0.